The molecule has 0 radical (unpaired) electrons. The number of hydrogen-bond donors (Lipinski definition) is 3. The molecule has 0 aliphatic rings. The van der Waals surface area contributed by atoms with Crippen LogP contribution < -0.4 is 0 Å². The van der Waals surface area contributed by atoms with Gasteiger partial charge in [0.1, 0.15) is 19.3 Å². The summed E-state index contributed by atoms with van der Waals surface area (Å²) in [5.74, 6) is 0.912. The van der Waals surface area contributed by atoms with Crippen LogP contribution in [0.3, 0.4) is 0 Å². The third-order valence-corrected chi connectivity index (χ3v) is 19.6. The Labute approximate surface area is 575 Å². The number of unbranched alkanes of at least 4 members (excludes halogenated alkanes) is 37. The van der Waals surface area contributed by atoms with Gasteiger partial charge in [-0.05, 0) is 49.4 Å². The van der Waals surface area contributed by atoms with Gasteiger partial charge < -0.3 is 33.8 Å². The van der Waals surface area contributed by atoms with E-state index >= 15 is 0 Å². The summed E-state index contributed by atoms with van der Waals surface area (Å²) in [6.45, 7) is 14.1. The molecule has 0 bridgehead atoms. The Morgan fingerprint density at radius 3 is 0.755 bits per heavy atom. The topological polar surface area (TPSA) is 237 Å². The van der Waals surface area contributed by atoms with E-state index in [-0.39, 0.29) is 25.7 Å². The third-order valence-electron chi connectivity index (χ3n) is 17.7. The van der Waals surface area contributed by atoms with Gasteiger partial charge in [-0.2, -0.15) is 0 Å². The zero-order valence-electron chi connectivity index (χ0n) is 61.6. The maximum atomic E-state index is 13.1. The molecule has 0 amide bonds. The maximum absolute atomic E-state index is 13.1. The fraction of sp³-hybridized carbons (Fsp3) is 0.947. The summed E-state index contributed by atoms with van der Waals surface area (Å²) < 4.78 is 68.5. The number of rotatable bonds is 72. The van der Waals surface area contributed by atoms with E-state index in [1.807, 2.05) is 0 Å². The van der Waals surface area contributed by atoms with Gasteiger partial charge in [-0.15, -0.1) is 0 Å². The van der Waals surface area contributed by atoms with Crippen molar-refractivity contribution in [1.29, 1.82) is 0 Å². The molecular formula is C75H146O17P2. The Morgan fingerprint density at radius 2 is 0.511 bits per heavy atom. The molecule has 0 aliphatic heterocycles. The minimum absolute atomic E-state index is 0.105. The molecule has 0 saturated heterocycles. The minimum Gasteiger partial charge on any atom is -0.462 e. The van der Waals surface area contributed by atoms with Crippen molar-refractivity contribution in [2.24, 2.45) is 23.7 Å². The van der Waals surface area contributed by atoms with E-state index in [9.17, 15) is 43.2 Å². The fourth-order valence-electron chi connectivity index (χ4n) is 11.3. The standard InChI is InChI=1S/C75H146O17P2/c1-9-68(8)54-46-38-29-25-26-30-39-47-55-72(77)85-61-70(91-74(79)57-49-41-31-23-19-14-12-10-11-13-17-21-27-35-43-51-65(2)3)63-89-93(81,82)87-59-69(76)60-88-94(83,84)90-64-71(62-86-73(78)56-48-40-34-33-37-45-53-67(6)7)92-75(80)58-50-42-32-24-20-16-15-18-22-28-36-44-52-66(4)5/h65-71,76H,9-64H2,1-8H3,(H,81,82)(H,83,84)/t68?,69-,70-,71-/m1/s1. The normalized spacial score (nSPS) is 14.4. The number of aliphatic hydroxyl groups is 1. The number of hydrogen-bond acceptors (Lipinski definition) is 15. The minimum atomic E-state index is -4.96. The summed E-state index contributed by atoms with van der Waals surface area (Å²) in [6.07, 6.45) is 48.7. The van der Waals surface area contributed by atoms with Crippen LogP contribution in [0.1, 0.15) is 376 Å². The summed E-state index contributed by atoms with van der Waals surface area (Å²) in [7, 11) is -9.91. The summed E-state index contributed by atoms with van der Waals surface area (Å²) >= 11 is 0. The first-order chi connectivity index (χ1) is 45.1. The largest absolute Gasteiger partial charge is 0.472 e. The summed E-state index contributed by atoms with van der Waals surface area (Å²) in [5.41, 5.74) is 0. The van der Waals surface area contributed by atoms with Crippen molar-refractivity contribution in [1.82, 2.24) is 0 Å². The van der Waals surface area contributed by atoms with Crippen molar-refractivity contribution in [3.63, 3.8) is 0 Å². The third kappa shape index (κ3) is 67.3. The molecule has 3 N–H and O–H groups in total. The predicted octanol–water partition coefficient (Wildman–Crippen LogP) is 21.7. The number of carbonyl (C=O) groups excluding carboxylic acids is 4. The van der Waals surface area contributed by atoms with Gasteiger partial charge in [0.05, 0.1) is 26.4 Å². The summed E-state index contributed by atoms with van der Waals surface area (Å²) in [6, 6.07) is 0. The smallest absolute Gasteiger partial charge is 0.462 e. The van der Waals surface area contributed by atoms with Gasteiger partial charge in [0.15, 0.2) is 12.2 Å². The molecule has 19 heteroatoms. The Hall–Kier alpha value is -1.94. The zero-order chi connectivity index (χ0) is 69.6. The van der Waals surface area contributed by atoms with Crippen molar-refractivity contribution in [2.75, 3.05) is 39.6 Å². The lowest BCUT2D eigenvalue weighted by Crippen LogP contribution is -2.30. The number of ether oxygens (including phenoxy) is 4. The average molecular weight is 1380 g/mol. The van der Waals surface area contributed by atoms with Crippen LogP contribution in [-0.2, 0) is 65.4 Å². The second-order valence-electron chi connectivity index (χ2n) is 28.7. The second kappa shape index (κ2) is 64.4. The van der Waals surface area contributed by atoms with Crippen LogP contribution in [0.25, 0.3) is 0 Å². The monoisotopic (exact) mass is 1380 g/mol. The van der Waals surface area contributed by atoms with Gasteiger partial charge in [0.2, 0.25) is 0 Å². The van der Waals surface area contributed by atoms with E-state index in [0.29, 0.717) is 31.6 Å². The fourth-order valence-corrected chi connectivity index (χ4v) is 12.9. The Morgan fingerprint density at radius 1 is 0.298 bits per heavy atom. The van der Waals surface area contributed by atoms with Gasteiger partial charge in [-0.3, -0.25) is 37.3 Å². The first kappa shape index (κ1) is 92.1. The van der Waals surface area contributed by atoms with Crippen LogP contribution in [0.15, 0.2) is 0 Å². The summed E-state index contributed by atoms with van der Waals surface area (Å²) in [5, 5.41) is 10.6. The highest BCUT2D eigenvalue weighted by Crippen LogP contribution is 2.45. The first-order valence-electron chi connectivity index (χ1n) is 38.7. The van der Waals surface area contributed by atoms with Crippen LogP contribution in [0.5, 0.6) is 0 Å². The van der Waals surface area contributed by atoms with Gasteiger partial charge in [-0.25, -0.2) is 9.13 Å². The number of esters is 4. The molecule has 0 spiro atoms. The molecule has 558 valence electrons. The molecule has 0 fully saturated rings. The molecule has 0 aliphatic carbocycles. The molecule has 0 saturated carbocycles. The predicted molar refractivity (Wildman–Crippen MR) is 381 cm³/mol. The molecule has 0 aromatic heterocycles. The molecule has 6 atom stereocenters. The quantitative estimate of drug-likeness (QED) is 0.0222. The van der Waals surface area contributed by atoms with Crippen molar-refractivity contribution in [3.8, 4) is 0 Å². The van der Waals surface area contributed by atoms with Crippen molar-refractivity contribution >= 4 is 39.5 Å². The van der Waals surface area contributed by atoms with Crippen LogP contribution >= 0.6 is 15.6 Å². The van der Waals surface area contributed by atoms with Crippen LogP contribution in [0.2, 0.25) is 0 Å². The van der Waals surface area contributed by atoms with Crippen LogP contribution in [0, 0.1) is 23.7 Å². The van der Waals surface area contributed by atoms with Gasteiger partial charge >= 0.3 is 39.5 Å². The SMILES string of the molecule is CCC(C)CCCCCCCCCCC(=O)OC[C@H](COP(=O)(O)OC[C@@H](O)COP(=O)(O)OC[C@@H](COC(=O)CCCCCCCCC(C)C)OC(=O)CCCCCCCCCCCCCCC(C)C)OC(=O)CCCCCCCCCCCCCCCCCC(C)C. The van der Waals surface area contributed by atoms with Crippen molar-refractivity contribution in [2.45, 2.75) is 395 Å². The van der Waals surface area contributed by atoms with Gasteiger partial charge in [0.25, 0.3) is 0 Å². The van der Waals surface area contributed by atoms with Crippen molar-refractivity contribution in [3.05, 3.63) is 0 Å². The highest BCUT2D eigenvalue weighted by atomic mass is 31.2. The number of aliphatic hydroxyl groups excluding tert-OH is 1. The molecule has 94 heavy (non-hydrogen) atoms. The number of carbonyl (C=O) groups is 4. The molecule has 0 aromatic rings. The molecule has 0 aromatic carbocycles. The lowest BCUT2D eigenvalue weighted by Gasteiger charge is -2.21. The van der Waals surface area contributed by atoms with Crippen molar-refractivity contribution < 1.29 is 80.2 Å². The Kier molecular flexibility index (Phi) is 63.1. The lowest BCUT2D eigenvalue weighted by atomic mass is 9.99. The van der Waals surface area contributed by atoms with E-state index in [2.05, 4.69) is 55.4 Å². The molecule has 17 nitrogen and oxygen atoms in total. The molecule has 3 unspecified atom stereocenters. The first-order valence-corrected chi connectivity index (χ1v) is 41.7. The molecule has 0 heterocycles. The second-order valence-corrected chi connectivity index (χ2v) is 31.6. The number of phosphoric acid groups is 2. The van der Waals surface area contributed by atoms with Gasteiger partial charge in [0, 0.05) is 25.7 Å². The van der Waals surface area contributed by atoms with Crippen LogP contribution in [0.4, 0.5) is 0 Å². The van der Waals surface area contributed by atoms with E-state index in [1.165, 1.54) is 173 Å². The lowest BCUT2D eigenvalue weighted by molar-refractivity contribution is -0.161. The maximum Gasteiger partial charge on any atom is 0.472 e. The zero-order valence-corrected chi connectivity index (χ0v) is 63.4. The highest BCUT2D eigenvalue weighted by molar-refractivity contribution is 7.47. The molecular weight excluding hydrogens is 1230 g/mol. The Balaban J connectivity index is 5.23. The summed E-state index contributed by atoms with van der Waals surface area (Å²) in [4.78, 5) is 72.7. The van der Waals surface area contributed by atoms with E-state index in [0.717, 1.165) is 114 Å². The number of phosphoric ester groups is 2. The van der Waals surface area contributed by atoms with E-state index < -0.39 is 97.5 Å². The van der Waals surface area contributed by atoms with E-state index in [4.69, 9.17) is 37.0 Å². The average Bonchev–Trinajstić information content (AvgIpc) is 1.25. The van der Waals surface area contributed by atoms with E-state index in [1.54, 1.807) is 0 Å². The highest BCUT2D eigenvalue weighted by Gasteiger charge is 2.30. The Bertz CT molecular complexity index is 1850. The molecule has 0 rings (SSSR count). The van der Waals surface area contributed by atoms with Gasteiger partial charge in [-0.1, -0.05) is 325 Å². The van der Waals surface area contributed by atoms with Crippen LogP contribution in [-0.4, -0.2) is 96.7 Å².